The summed E-state index contributed by atoms with van der Waals surface area (Å²) in [7, 11) is 2.08. The second-order valence-corrected chi connectivity index (χ2v) is 6.38. The summed E-state index contributed by atoms with van der Waals surface area (Å²) in [5.74, 6) is 0.296. The molecule has 2 amide bonds. The van der Waals surface area contributed by atoms with E-state index in [0.29, 0.717) is 39.3 Å². The maximum Gasteiger partial charge on any atom is 0.238 e. The van der Waals surface area contributed by atoms with Crippen molar-refractivity contribution in [1.82, 2.24) is 20.4 Å². The molecule has 0 aliphatic carbocycles. The summed E-state index contributed by atoms with van der Waals surface area (Å²) < 4.78 is 5.28. The fraction of sp³-hybridized carbons (Fsp3) is 0.867. The van der Waals surface area contributed by atoms with Gasteiger partial charge in [0.1, 0.15) is 6.04 Å². The van der Waals surface area contributed by atoms with E-state index in [9.17, 15) is 9.59 Å². The third-order valence-corrected chi connectivity index (χ3v) is 5.14. The van der Waals surface area contributed by atoms with Crippen LogP contribution in [0.25, 0.3) is 0 Å². The molecule has 3 heterocycles. The maximum absolute atomic E-state index is 12.3. The van der Waals surface area contributed by atoms with Gasteiger partial charge in [-0.1, -0.05) is 0 Å². The van der Waals surface area contributed by atoms with Gasteiger partial charge in [0, 0.05) is 38.1 Å². The van der Waals surface area contributed by atoms with Crippen LogP contribution in [0.15, 0.2) is 0 Å². The maximum atomic E-state index is 12.3. The van der Waals surface area contributed by atoms with Gasteiger partial charge in [-0.25, -0.2) is 0 Å². The Hall–Kier alpha value is -1.18. The van der Waals surface area contributed by atoms with Crippen molar-refractivity contribution in [2.24, 2.45) is 0 Å². The zero-order chi connectivity index (χ0) is 15.5. The highest BCUT2D eigenvalue weighted by molar-refractivity contribution is 5.83. The van der Waals surface area contributed by atoms with Crippen LogP contribution in [0.3, 0.4) is 0 Å². The van der Waals surface area contributed by atoms with E-state index in [1.54, 1.807) is 0 Å². The number of nitrogens with one attached hydrogen (secondary N) is 2. The van der Waals surface area contributed by atoms with Crippen molar-refractivity contribution in [3.05, 3.63) is 0 Å². The number of hydrogen-bond donors (Lipinski definition) is 2. The molecule has 3 aliphatic rings. The molecule has 22 heavy (non-hydrogen) atoms. The van der Waals surface area contributed by atoms with Crippen molar-refractivity contribution < 1.29 is 14.3 Å². The highest BCUT2D eigenvalue weighted by atomic mass is 16.5. The molecule has 3 rings (SSSR count). The number of carbonyl (C=O) groups is 2. The number of amides is 2. The quantitative estimate of drug-likeness (QED) is 0.684. The molecular weight excluding hydrogens is 284 g/mol. The number of nitrogens with zero attached hydrogens (tertiary/aromatic N) is 2. The first-order valence-corrected chi connectivity index (χ1v) is 8.25. The average Bonchev–Trinajstić information content (AvgIpc) is 3.00. The molecule has 0 radical (unpaired) electrons. The molecular formula is C15H26N4O3. The van der Waals surface area contributed by atoms with Crippen molar-refractivity contribution >= 4 is 11.8 Å². The van der Waals surface area contributed by atoms with Gasteiger partial charge in [0.05, 0.1) is 13.2 Å². The molecule has 0 unspecified atom stereocenters. The number of fused-ring (bicyclic) bond motifs is 1. The molecule has 3 saturated heterocycles. The topological polar surface area (TPSA) is 73.9 Å². The summed E-state index contributed by atoms with van der Waals surface area (Å²) in [6.07, 6.45) is 2.31. The molecule has 0 saturated carbocycles. The summed E-state index contributed by atoms with van der Waals surface area (Å²) in [6, 6.07) is 0.361. The molecule has 0 aromatic carbocycles. The monoisotopic (exact) mass is 310 g/mol. The highest BCUT2D eigenvalue weighted by Crippen LogP contribution is 2.21. The van der Waals surface area contributed by atoms with Gasteiger partial charge in [-0.05, 0) is 26.4 Å². The molecule has 3 atom stereocenters. The molecule has 0 bridgehead atoms. The van der Waals surface area contributed by atoms with Crippen molar-refractivity contribution in [3.8, 4) is 0 Å². The number of ether oxygens (including phenoxy) is 1. The van der Waals surface area contributed by atoms with E-state index in [0.717, 1.165) is 19.4 Å². The summed E-state index contributed by atoms with van der Waals surface area (Å²) in [6.45, 7) is 4.18. The largest absolute Gasteiger partial charge is 0.378 e. The number of carbonyl (C=O) groups excluding carboxylic acids is 2. The Labute approximate surface area is 131 Å². The first-order chi connectivity index (χ1) is 10.7. The van der Waals surface area contributed by atoms with E-state index in [4.69, 9.17) is 4.74 Å². The first kappa shape index (κ1) is 15.7. The van der Waals surface area contributed by atoms with Gasteiger partial charge in [-0.2, -0.15) is 0 Å². The van der Waals surface area contributed by atoms with Crippen LogP contribution in [0.2, 0.25) is 0 Å². The Bertz CT molecular complexity index is 425. The molecule has 0 aromatic heterocycles. The van der Waals surface area contributed by atoms with Crippen LogP contribution in [0, 0.1) is 0 Å². The number of morpholine rings is 1. The number of rotatable bonds is 3. The van der Waals surface area contributed by atoms with Gasteiger partial charge in [0.15, 0.2) is 0 Å². The highest BCUT2D eigenvalue weighted by Gasteiger charge is 2.40. The van der Waals surface area contributed by atoms with Crippen LogP contribution in [-0.2, 0) is 14.3 Å². The van der Waals surface area contributed by atoms with Gasteiger partial charge in [-0.15, -0.1) is 0 Å². The van der Waals surface area contributed by atoms with Crippen LogP contribution in [0.4, 0.5) is 0 Å². The van der Waals surface area contributed by atoms with Crippen molar-refractivity contribution in [2.75, 3.05) is 46.4 Å². The van der Waals surface area contributed by atoms with Gasteiger partial charge in [-0.3, -0.25) is 14.5 Å². The standard InChI is InChI=1S/C15H26N4O3/c1-18-11(2-3-13(20)19-6-8-22-9-7-19)10-17-15(21)14-12(18)4-5-16-14/h11-12,14,16H,2-10H2,1H3,(H,17,21)/t11-,12+,14-/m0/s1. The smallest absolute Gasteiger partial charge is 0.238 e. The minimum atomic E-state index is -0.107. The molecule has 3 fully saturated rings. The second-order valence-electron chi connectivity index (χ2n) is 6.38. The van der Waals surface area contributed by atoms with Gasteiger partial charge in [0.2, 0.25) is 11.8 Å². The van der Waals surface area contributed by atoms with E-state index in [1.165, 1.54) is 0 Å². The molecule has 7 heteroatoms. The lowest BCUT2D eigenvalue weighted by Gasteiger charge is -2.32. The lowest BCUT2D eigenvalue weighted by Crippen LogP contribution is -2.48. The minimum absolute atomic E-state index is 0.0938. The van der Waals surface area contributed by atoms with E-state index in [2.05, 4.69) is 22.6 Å². The molecule has 7 nitrogen and oxygen atoms in total. The number of likely N-dealkylation sites (N-methyl/N-ethyl adjacent to an activating group) is 1. The fourth-order valence-corrected chi connectivity index (χ4v) is 3.71. The predicted molar refractivity (Wildman–Crippen MR) is 81.4 cm³/mol. The Morgan fingerprint density at radius 3 is 2.91 bits per heavy atom. The Balaban J connectivity index is 1.55. The Morgan fingerprint density at radius 1 is 1.36 bits per heavy atom. The van der Waals surface area contributed by atoms with Gasteiger partial charge >= 0.3 is 0 Å². The van der Waals surface area contributed by atoms with E-state index >= 15 is 0 Å². The van der Waals surface area contributed by atoms with Crippen molar-refractivity contribution in [3.63, 3.8) is 0 Å². The van der Waals surface area contributed by atoms with Crippen LogP contribution in [-0.4, -0.2) is 86.2 Å². The average molecular weight is 310 g/mol. The normalized spacial score (nSPS) is 33.2. The first-order valence-electron chi connectivity index (χ1n) is 8.25. The molecule has 0 spiro atoms. The third-order valence-electron chi connectivity index (χ3n) is 5.14. The zero-order valence-corrected chi connectivity index (χ0v) is 13.2. The van der Waals surface area contributed by atoms with Crippen LogP contribution < -0.4 is 10.6 Å². The number of hydrogen-bond acceptors (Lipinski definition) is 5. The summed E-state index contributed by atoms with van der Waals surface area (Å²) >= 11 is 0. The van der Waals surface area contributed by atoms with Crippen molar-refractivity contribution in [1.29, 1.82) is 0 Å². The second kappa shape index (κ2) is 6.93. The van der Waals surface area contributed by atoms with Gasteiger partial charge in [0.25, 0.3) is 0 Å². The summed E-state index contributed by atoms with van der Waals surface area (Å²) in [5, 5.41) is 6.28. The van der Waals surface area contributed by atoms with E-state index < -0.39 is 0 Å². The lowest BCUT2D eigenvalue weighted by molar-refractivity contribution is -0.135. The predicted octanol–water partition coefficient (Wildman–Crippen LogP) is -1.21. The Morgan fingerprint density at radius 2 is 2.14 bits per heavy atom. The third kappa shape index (κ3) is 3.26. The molecule has 2 N–H and O–H groups in total. The van der Waals surface area contributed by atoms with Crippen LogP contribution in [0.5, 0.6) is 0 Å². The van der Waals surface area contributed by atoms with E-state index in [-0.39, 0.29) is 29.9 Å². The molecule has 0 aromatic rings. The van der Waals surface area contributed by atoms with Gasteiger partial charge < -0.3 is 20.3 Å². The van der Waals surface area contributed by atoms with Crippen molar-refractivity contribution in [2.45, 2.75) is 37.4 Å². The summed E-state index contributed by atoms with van der Waals surface area (Å²) in [4.78, 5) is 28.5. The van der Waals surface area contributed by atoms with E-state index in [1.807, 2.05) is 4.90 Å². The van der Waals surface area contributed by atoms with Crippen LogP contribution >= 0.6 is 0 Å². The minimum Gasteiger partial charge on any atom is -0.378 e. The molecule has 3 aliphatic heterocycles. The Kier molecular flexibility index (Phi) is 4.95. The lowest BCUT2D eigenvalue weighted by atomic mass is 10.0. The zero-order valence-electron chi connectivity index (χ0n) is 13.2. The fourth-order valence-electron chi connectivity index (χ4n) is 3.71. The molecule has 124 valence electrons. The summed E-state index contributed by atoms with van der Waals surface area (Å²) in [5.41, 5.74) is 0. The van der Waals surface area contributed by atoms with Crippen LogP contribution in [0.1, 0.15) is 19.3 Å². The SMILES string of the molecule is CN1[C@@H](CCC(=O)N2CCOCC2)CNC(=O)[C@H]2NCC[C@H]21.